The van der Waals surface area contributed by atoms with Crippen molar-refractivity contribution in [1.29, 1.82) is 0 Å². The van der Waals surface area contributed by atoms with Crippen molar-refractivity contribution in [3.05, 3.63) is 81.9 Å². The van der Waals surface area contributed by atoms with Gasteiger partial charge in [-0.1, -0.05) is 61.0 Å². The maximum atomic E-state index is 12.3. The molecule has 0 fully saturated rings. The monoisotopic (exact) mass is 324 g/mol. The molecular formula is C20H17ClO2. The van der Waals surface area contributed by atoms with Gasteiger partial charge in [0.05, 0.1) is 0 Å². The second kappa shape index (κ2) is 8.25. The number of halogens is 1. The van der Waals surface area contributed by atoms with Crippen LogP contribution in [0.15, 0.2) is 60.2 Å². The number of ketones is 1. The number of hydrogen-bond donors (Lipinski definition) is 0. The highest BCUT2D eigenvalue weighted by Gasteiger charge is 2.04. The first-order chi connectivity index (χ1) is 11.1. The van der Waals surface area contributed by atoms with Crippen LogP contribution in [0.25, 0.3) is 12.2 Å². The number of rotatable bonds is 6. The molecule has 0 aliphatic carbocycles. The molecule has 23 heavy (non-hydrogen) atoms. The van der Waals surface area contributed by atoms with E-state index in [1.54, 1.807) is 36.4 Å². The standard InChI is InChI=1S/C20H17ClO2/c1-2-18(13-16-7-10-19(21)11-8-16)20(23)12-9-15-3-5-17(14-22)6-4-15/h3-14H,2H2,1H3/b12-9+,18-13+. The lowest BCUT2D eigenvalue weighted by Gasteiger charge is -2.01. The van der Waals surface area contributed by atoms with Gasteiger partial charge in [-0.05, 0) is 47.4 Å². The Morgan fingerprint density at radius 2 is 1.52 bits per heavy atom. The molecule has 0 aliphatic heterocycles. The molecule has 0 aliphatic rings. The minimum absolute atomic E-state index is 0.0260. The minimum Gasteiger partial charge on any atom is -0.298 e. The van der Waals surface area contributed by atoms with Crippen molar-refractivity contribution in [2.24, 2.45) is 0 Å². The number of hydrogen-bond acceptors (Lipinski definition) is 2. The molecule has 2 aromatic carbocycles. The minimum atomic E-state index is -0.0260. The van der Waals surface area contributed by atoms with E-state index >= 15 is 0 Å². The quantitative estimate of drug-likeness (QED) is 0.538. The molecule has 3 heteroatoms. The van der Waals surface area contributed by atoms with Crippen LogP contribution in [0.3, 0.4) is 0 Å². The third-order valence-corrected chi connectivity index (χ3v) is 3.66. The van der Waals surface area contributed by atoms with Gasteiger partial charge in [0.2, 0.25) is 0 Å². The number of aldehydes is 1. The van der Waals surface area contributed by atoms with Crippen molar-refractivity contribution < 1.29 is 9.59 Å². The zero-order valence-electron chi connectivity index (χ0n) is 12.8. The first-order valence-corrected chi connectivity index (χ1v) is 7.74. The molecule has 0 radical (unpaired) electrons. The van der Waals surface area contributed by atoms with Gasteiger partial charge >= 0.3 is 0 Å². The van der Waals surface area contributed by atoms with Gasteiger partial charge in [-0.3, -0.25) is 9.59 Å². The molecule has 0 saturated heterocycles. The molecule has 2 rings (SSSR count). The first kappa shape index (κ1) is 16.9. The molecule has 116 valence electrons. The molecule has 0 bridgehead atoms. The van der Waals surface area contributed by atoms with Crippen LogP contribution < -0.4 is 0 Å². The molecule has 0 saturated carbocycles. The molecule has 0 spiro atoms. The van der Waals surface area contributed by atoms with Gasteiger partial charge in [0.1, 0.15) is 6.29 Å². The van der Waals surface area contributed by atoms with Gasteiger partial charge in [-0.25, -0.2) is 0 Å². The SMILES string of the molecule is CC/C(=C\c1ccc(Cl)cc1)C(=O)/C=C/c1ccc(C=O)cc1. The van der Waals surface area contributed by atoms with Crippen LogP contribution >= 0.6 is 11.6 Å². The molecular weight excluding hydrogens is 308 g/mol. The van der Waals surface area contributed by atoms with E-state index in [1.165, 1.54) is 0 Å². The van der Waals surface area contributed by atoms with E-state index in [4.69, 9.17) is 11.6 Å². The van der Waals surface area contributed by atoms with E-state index in [0.717, 1.165) is 23.0 Å². The van der Waals surface area contributed by atoms with E-state index in [9.17, 15) is 9.59 Å². The Labute approximate surface area is 141 Å². The van der Waals surface area contributed by atoms with E-state index in [2.05, 4.69) is 0 Å². The fourth-order valence-corrected chi connectivity index (χ4v) is 2.20. The molecule has 0 N–H and O–H groups in total. The molecule has 0 heterocycles. The van der Waals surface area contributed by atoms with E-state index in [0.29, 0.717) is 17.0 Å². The lowest BCUT2D eigenvalue weighted by molar-refractivity contribution is -0.111. The predicted octanol–water partition coefficient (Wildman–Crippen LogP) is 5.23. The summed E-state index contributed by atoms with van der Waals surface area (Å²) < 4.78 is 0. The maximum absolute atomic E-state index is 12.3. The van der Waals surface area contributed by atoms with Crippen LogP contribution in [0.1, 0.15) is 34.8 Å². The summed E-state index contributed by atoms with van der Waals surface area (Å²) in [6.45, 7) is 1.95. The van der Waals surface area contributed by atoms with Crippen LogP contribution in [0, 0.1) is 0 Å². The zero-order chi connectivity index (χ0) is 16.7. The summed E-state index contributed by atoms with van der Waals surface area (Å²) in [5, 5.41) is 0.671. The van der Waals surface area contributed by atoms with Crippen molar-refractivity contribution in [2.45, 2.75) is 13.3 Å². The third kappa shape index (κ3) is 5.04. The summed E-state index contributed by atoms with van der Waals surface area (Å²) in [6, 6.07) is 14.4. The van der Waals surface area contributed by atoms with Gasteiger partial charge in [0.25, 0.3) is 0 Å². The lowest BCUT2D eigenvalue weighted by Crippen LogP contribution is -1.97. The number of allylic oxidation sites excluding steroid dienone is 2. The van der Waals surface area contributed by atoms with E-state index in [1.807, 2.05) is 37.3 Å². The average molecular weight is 325 g/mol. The average Bonchev–Trinajstić information content (AvgIpc) is 2.59. The van der Waals surface area contributed by atoms with Gasteiger partial charge in [-0.2, -0.15) is 0 Å². The summed E-state index contributed by atoms with van der Waals surface area (Å²) in [4.78, 5) is 22.9. The highest BCUT2D eigenvalue weighted by atomic mass is 35.5. The van der Waals surface area contributed by atoms with Crippen molar-refractivity contribution in [2.75, 3.05) is 0 Å². The first-order valence-electron chi connectivity index (χ1n) is 7.36. The highest BCUT2D eigenvalue weighted by Crippen LogP contribution is 2.15. The Balaban J connectivity index is 2.14. The van der Waals surface area contributed by atoms with Crippen molar-refractivity contribution >= 4 is 35.8 Å². The normalized spacial score (nSPS) is 11.7. The van der Waals surface area contributed by atoms with Crippen LogP contribution in [-0.4, -0.2) is 12.1 Å². The molecule has 0 amide bonds. The smallest absolute Gasteiger partial charge is 0.181 e. The zero-order valence-corrected chi connectivity index (χ0v) is 13.6. The largest absolute Gasteiger partial charge is 0.298 e. The topological polar surface area (TPSA) is 34.1 Å². The van der Waals surface area contributed by atoms with E-state index in [-0.39, 0.29) is 5.78 Å². The van der Waals surface area contributed by atoms with Gasteiger partial charge in [-0.15, -0.1) is 0 Å². The summed E-state index contributed by atoms with van der Waals surface area (Å²) in [7, 11) is 0. The van der Waals surface area contributed by atoms with Crippen LogP contribution in [0.2, 0.25) is 5.02 Å². The summed E-state index contributed by atoms with van der Waals surface area (Å²) in [5.74, 6) is -0.0260. The summed E-state index contributed by atoms with van der Waals surface area (Å²) in [5.41, 5.74) is 3.17. The lowest BCUT2D eigenvalue weighted by atomic mass is 10.0. The van der Waals surface area contributed by atoms with Crippen molar-refractivity contribution in [3.8, 4) is 0 Å². The van der Waals surface area contributed by atoms with Crippen LogP contribution in [-0.2, 0) is 4.79 Å². The Bertz CT molecular complexity index is 738. The van der Waals surface area contributed by atoms with Crippen molar-refractivity contribution in [3.63, 3.8) is 0 Å². The highest BCUT2D eigenvalue weighted by molar-refractivity contribution is 6.30. The second-order valence-corrected chi connectivity index (χ2v) is 5.49. The Morgan fingerprint density at radius 3 is 2.09 bits per heavy atom. The predicted molar refractivity (Wildman–Crippen MR) is 95.6 cm³/mol. The fraction of sp³-hybridized carbons (Fsp3) is 0.100. The summed E-state index contributed by atoms with van der Waals surface area (Å²) in [6.07, 6.45) is 6.63. The molecule has 2 nitrogen and oxygen atoms in total. The molecule has 0 unspecified atom stereocenters. The van der Waals surface area contributed by atoms with Gasteiger partial charge in [0.15, 0.2) is 5.78 Å². The van der Waals surface area contributed by atoms with Crippen molar-refractivity contribution in [1.82, 2.24) is 0 Å². The van der Waals surface area contributed by atoms with Crippen LogP contribution in [0.5, 0.6) is 0 Å². The van der Waals surface area contributed by atoms with Gasteiger partial charge in [0, 0.05) is 10.6 Å². The number of carbonyl (C=O) groups is 2. The Kier molecular flexibility index (Phi) is 6.07. The Hall–Kier alpha value is -2.45. The van der Waals surface area contributed by atoms with Crippen LogP contribution in [0.4, 0.5) is 0 Å². The fourth-order valence-electron chi connectivity index (χ4n) is 2.07. The number of carbonyl (C=O) groups excluding carboxylic acids is 2. The third-order valence-electron chi connectivity index (χ3n) is 3.41. The molecule has 0 atom stereocenters. The second-order valence-electron chi connectivity index (χ2n) is 5.06. The summed E-state index contributed by atoms with van der Waals surface area (Å²) >= 11 is 5.86. The molecule has 2 aromatic rings. The van der Waals surface area contributed by atoms with E-state index < -0.39 is 0 Å². The van der Waals surface area contributed by atoms with Gasteiger partial charge < -0.3 is 0 Å². The maximum Gasteiger partial charge on any atom is 0.181 e. The molecule has 0 aromatic heterocycles. The Morgan fingerprint density at radius 1 is 0.957 bits per heavy atom. The number of benzene rings is 2.